The topological polar surface area (TPSA) is 68.9 Å². The van der Waals surface area contributed by atoms with Crippen LogP contribution >= 0.6 is 24.0 Å². The molecule has 5 nitrogen and oxygen atoms in total. The summed E-state index contributed by atoms with van der Waals surface area (Å²) in [5.41, 5.74) is 6.32. The molecule has 0 amide bonds. The molecule has 1 aliphatic carbocycles. The number of guanidine groups is 1. The van der Waals surface area contributed by atoms with Crippen LogP contribution in [-0.4, -0.2) is 38.1 Å². The smallest absolute Gasteiger partial charge is 0.405 e. The van der Waals surface area contributed by atoms with Crippen LogP contribution in [0.1, 0.15) is 31.2 Å². The third-order valence-corrected chi connectivity index (χ3v) is 3.60. The van der Waals surface area contributed by atoms with Crippen molar-refractivity contribution in [3.05, 3.63) is 29.8 Å². The maximum atomic E-state index is 12.5. The van der Waals surface area contributed by atoms with Crippen LogP contribution in [0.25, 0.3) is 0 Å². The first-order chi connectivity index (χ1) is 11.4. The summed E-state index contributed by atoms with van der Waals surface area (Å²) in [6.45, 7) is 3.76. The molecule has 0 heterocycles. The van der Waals surface area contributed by atoms with Gasteiger partial charge in [0.25, 0.3) is 0 Å². The van der Waals surface area contributed by atoms with E-state index in [-0.39, 0.29) is 41.7 Å². The minimum atomic E-state index is -4.70. The molecular weight excluding hydrogens is 450 g/mol. The quantitative estimate of drug-likeness (QED) is 0.263. The van der Waals surface area contributed by atoms with Crippen LogP contribution in [0.5, 0.6) is 5.75 Å². The number of para-hydroxylation sites is 1. The predicted molar refractivity (Wildman–Crippen MR) is 100 cm³/mol. The Morgan fingerprint density at radius 3 is 2.76 bits per heavy atom. The van der Waals surface area contributed by atoms with E-state index in [1.807, 2.05) is 6.92 Å². The second-order valence-electron chi connectivity index (χ2n) is 5.50. The lowest BCUT2D eigenvalue weighted by Crippen LogP contribution is -2.34. The lowest BCUT2D eigenvalue weighted by Gasteiger charge is -2.13. The summed E-state index contributed by atoms with van der Waals surface area (Å²) in [5, 5.41) is 3.03. The summed E-state index contributed by atoms with van der Waals surface area (Å²) < 4.78 is 46.6. The number of nitrogens with two attached hydrogens (primary N) is 1. The van der Waals surface area contributed by atoms with Gasteiger partial charge in [0.2, 0.25) is 0 Å². The molecule has 2 unspecified atom stereocenters. The number of ether oxygens (including phenoxy) is 2. The zero-order valence-corrected chi connectivity index (χ0v) is 16.2. The number of halogens is 4. The summed E-state index contributed by atoms with van der Waals surface area (Å²) in [4.78, 5) is 4.18. The average Bonchev–Trinajstić information content (AvgIpc) is 3.25. The van der Waals surface area contributed by atoms with E-state index in [4.69, 9.17) is 10.5 Å². The number of aliphatic imine (C=N–C) groups is 1. The molecule has 1 aliphatic rings. The van der Waals surface area contributed by atoms with E-state index >= 15 is 0 Å². The largest absolute Gasteiger partial charge is 0.573 e. The maximum absolute atomic E-state index is 12.5. The first-order valence-corrected chi connectivity index (χ1v) is 7.89. The Labute approximate surface area is 162 Å². The second kappa shape index (κ2) is 10.0. The van der Waals surface area contributed by atoms with Gasteiger partial charge in [-0.3, -0.25) is 4.99 Å². The molecule has 0 aromatic heterocycles. The molecule has 25 heavy (non-hydrogen) atoms. The van der Waals surface area contributed by atoms with Gasteiger partial charge in [-0.2, -0.15) is 0 Å². The van der Waals surface area contributed by atoms with E-state index in [0.717, 1.165) is 6.42 Å². The Balaban J connectivity index is 0.00000312. The van der Waals surface area contributed by atoms with Crippen LogP contribution in [0.2, 0.25) is 0 Å². The minimum absolute atomic E-state index is 0. The molecule has 1 aromatic rings. The number of nitrogens with one attached hydrogen (secondary N) is 1. The predicted octanol–water partition coefficient (Wildman–Crippen LogP) is 3.39. The fraction of sp³-hybridized carbons (Fsp3) is 0.562. The van der Waals surface area contributed by atoms with E-state index in [9.17, 15) is 13.2 Å². The molecule has 1 fully saturated rings. The molecule has 1 aromatic carbocycles. The van der Waals surface area contributed by atoms with Crippen molar-refractivity contribution in [3.63, 3.8) is 0 Å². The van der Waals surface area contributed by atoms with Crippen LogP contribution in [-0.2, 0) is 4.74 Å². The van der Waals surface area contributed by atoms with Crippen molar-refractivity contribution in [1.29, 1.82) is 0 Å². The van der Waals surface area contributed by atoms with E-state index in [1.165, 1.54) is 12.1 Å². The first-order valence-electron chi connectivity index (χ1n) is 7.89. The molecule has 0 spiro atoms. The third-order valence-electron chi connectivity index (χ3n) is 3.60. The van der Waals surface area contributed by atoms with Gasteiger partial charge in [0, 0.05) is 31.7 Å². The van der Waals surface area contributed by atoms with Crippen molar-refractivity contribution < 1.29 is 22.6 Å². The van der Waals surface area contributed by atoms with Gasteiger partial charge in [0.15, 0.2) is 5.96 Å². The van der Waals surface area contributed by atoms with Crippen LogP contribution in [0, 0.1) is 0 Å². The number of benzene rings is 1. The van der Waals surface area contributed by atoms with Crippen molar-refractivity contribution in [3.8, 4) is 5.75 Å². The Morgan fingerprint density at radius 2 is 2.08 bits per heavy atom. The molecule has 0 aliphatic heterocycles. The summed E-state index contributed by atoms with van der Waals surface area (Å²) in [6, 6.07) is 6.15. The maximum Gasteiger partial charge on any atom is 0.573 e. The summed E-state index contributed by atoms with van der Waals surface area (Å²) in [6.07, 6.45) is -3.24. The minimum Gasteiger partial charge on any atom is -0.405 e. The van der Waals surface area contributed by atoms with Gasteiger partial charge in [-0.1, -0.05) is 18.2 Å². The van der Waals surface area contributed by atoms with Gasteiger partial charge >= 0.3 is 6.36 Å². The molecule has 2 atom stereocenters. The molecule has 142 valence electrons. The fourth-order valence-electron chi connectivity index (χ4n) is 2.45. The molecular formula is C16H23F3IN3O2. The van der Waals surface area contributed by atoms with Crippen molar-refractivity contribution in [2.75, 3.05) is 19.8 Å². The highest BCUT2D eigenvalue weighted by molar-refractivity contribution is 14.0. The number of alkyl halides is 3. The van der Waals surface area contributed by atoms with Crippen molar-refractivity contribution in [1.82, 2.24) is 5.32 Å². The third kappa shape index (κ3) is 7.68. The van der Waals surface area contributed by atoms with Crippen LogP contribution < -0.4 is 15.8 Å². The molecule has 1 saturated carbocycles. The fourth-order valence-corrected chi connectivity index (χ4v) is 2.45. The molecule has 9 heteroatoms. The molecule has 3 N–H and O–H groups in total. The molecule has 0 saturated heterocycles. The number of hydrogen-bond acceptors (Lipinski definition) is 3. The van der Waals surface area contributed by atoms with Gasteiger partial charge in [-0.25, -0.2) is 0 Å². The van der Waals surface area contributed by atoms with Crippen molar-refractivity contribution >= 4 is 29.9 Å². The lowest BCUT2D eigenvalue weighted by atomic mass is 10.1. The van der Waals surface area contributed by atoms with Crippen molar-refractivity contribution in [2.45, 2.75) is 38.1 Å². The first kappa shape index (κ1) is 21.8. The highest BCUT2D eigenvalue weighted by Gasteiger charge is 2.42. The Morgan fingerprint density at radius 1 is 1.36 bits per heavy atom. The average molecular weight is 473 g/mol. The number of rotatable bonds is 8. The summed E-state index contributed by atoms with van der Waals surface area (Å²) >= 11 is 0. The lowest BCUT2D eigenvalue weighted by molar-refractivity contribution is -0.274. The van der Waals surface area contributed by atoms with E-state index < -0.39 is 6.36 Å². The van der Waals surface area contributed by atoms with Gasteiger partial charge in [-0.05, 0) is 31.4 Å². The van der Waals surface area contributed by atoms with Crippen LogP contribution in [0.15, 0.2) is 29.3 Å². The van der Waals surface area contributed by atoms with Crippen LogP contribution in [0.4, 0.5) is 13.2 Å². The van der Waals surface area contributed by atoms with E-state index in [1.54, 1.807) is 12.1 Å². The summed E-state index contributed by atoms with van der Waals surface area (Å²) in [7, 11) is 0. The van der Waals surface area contributed by atoms with Crippen LogP contribution in [0.3, 0.4) is 0 Å². The van der Waals surface area contributed by atoms with Gasteiger partial charge in [-0.15, -0.1) is 37.1 Å². The SMILES string of the molecule is CCOCCCN=C(N)NC1CC1c1ccccc1OC(F)(F)F.I. The van der Waals surface area contributed by atoms with Gasteiger partial charge in [0.05, 0.1) is 0 Å². The molecule has 2 rings (SSSR count). The Hall–Kier alpha value is -1.23. The number of hydrogen-bond donors (Lipinski definition) is 2. The highest BCUT2D eigenvalue weighted by atomic mass is 127. The zero-order valence-electron chi connectivity index (χ0n) is 13.9. The highest BCUT2D eigenvalue weighted by Crippen LogP contribution is 2.45. The van der Waals surface area contributed by atoms with E-state index in [0.29, 0.717) is 37.7 Å². The number of nitrogens with zero attached hydrogens (tertiary/aromatic N) is 1. The Bertz CT molecular complexity index is 570. The molecule has 0 radical (unpaired) electrons. The van der Waals surface area contributed by atoms with Gasteiger partial charge < -0.3 is 20.5 Å². The van der Waals surface area contributed by atoms with E-state index in [2.05, 4.69) is 15.0 Å². The molecule has 0 bridgehead atoms. The zero-order chi connectivity index (χ0) is 17.6. The monoisotopic (exact) mass is 473 g/mol. The second-order valence-corrected chi connectivity index (χ2v) is 5.50. The van der Waals surface area contributed by atoms with Crippen molar-refractivity contribution in [2.24, 2.45) is 10.7 Å². The summed E-state index contributed by atoms with van der Waals surface area (Å²) in [5.74, 6) is 0.0699. The standard InChI is InChI=1S/C16H22F3N3O2.HI/c1-2-23-9-5-8-21-15(20)22-13-10-12(13)11-6-3-4-7-14(11)24-16(17,18)19;/h3-4,6-7,12-13H,2,5,8-10H2,1H3,(H3,20,21,22);1H. The normalized spacial score (nSPS) is 19.9. The van der Waals surface area contributed by atoms with Gasteiger partial charge in [0.1, 0.15) is 5.75 Å². The Kier molecular flexibility index (Phi) is 8.77.